The van der Waals surface area contributed by atoms with Crippen LogP contribution < -0.4 is 5.32 Å². The number of thiophene rings is 1. The summed E-state index contributed by atoms with van der Waals surface area (Å²) in [6.07, 6.45) is 1.01. The first-order chi connectivity index (χ1) is 13.5. The molecule has 1 amide bonds. The summed E-state index contributed by atoms with van der Waals surface area (Å²) in [6, 6.07) is 11.1. The number of nitrogens with zero attached hydrogens (tertiary/aromatic N) is 1. The summed E-state index contributed by atoms with van der Waals surface area (Å²) in [7, 11) is 0. The summed E-state index contributed by atoms with van der Waals surface area (Å²) in [5.41, 5.74) is 1.87. The molecule has 0 fully saturated rings. The van der Waals surface area contributed by atoms with Gasteiger partial charge in [-0.05, 0) is 54.6 Å². The number of hydrogen-bond donors (Lipinski definition) is 1. The molecule has 0 radical (unpaired) electrons. The lowest BCUT2D eigenvalue weighted by Crippen LogP contribution is -2.12. The Balaban J connectivity index is 1.95. The van der Waals surface area contributed by atoms with Gasteiger partial charge in [-0.15, -0.1) is 11.3 Å². The predicted molar refractivity (Wildman–Crippen MR) is 108 cm³/mol. The Labute approximate surface area is 165 Å². The van der Waals surface area contributed by atoms with E-state index in [9.17, 15) is 13.6 Å². The first-order valence-corrected chi connectivity index (χ1v) is 9.48. The number of anilines is 1. The van der Waals surface area contributed by atoms with Gasteiger partial charge in [0.25, 0.3) is 5.91 Å². The topological polar surface area (TPSA) is 50.7 Å². The number of aryl methyl sites for hydroxylation is 1. The summed E-state index contributed by atoms with van der Waals surface area (Å²) in [5.74, 6) is -1.80. The molecule has 2 aromatic carbocycles. The molecule has 3 aromatic rings. The zero-order valence-electron chi connectivity index (χ0n) is 15.3. The van der Waals surface area contributed by atoms with Gasteiger partial charge in [0.2, 0.25) is 0 Å². The van der Waals surface area contributed by atoms with Crippen LogP contribution >= 0.6 is 11.3 Å². The Hall–Kier alpha value is -3.06. The summed E-state index contributed by atoms with van der Waals surface area (Å²) in [4.78, 5) is 17.9. The molecule has 0 bridgehead atoms. The zero-order chi connectivity index (χ0) is 20.1. The number of carbonyl (C=O) groups is 1. The Morgan fingerprint density at radius 1 is 1.21 bits per heavy atom. The Morgan fingerprint density at radius 3 is 2.57 bits per heavy atom. The molecular formula is C21H18F2N2O2S. The molecule has 1 aromatic heterocycles. The van der Waals surface area contributed by atoms with Crippen molar-refractivity contribution >= 4 is 29.1 Å². The van der Waals surface area contributed by atoms with Gasteiger partial charge in [-0.1, -0.05) is 23.4 Å². The largest absolute Gasteiger partial charge is 0.396 e. The third kappa shape index (κ3) is 4.26. The van der Waals surface area contributed by atoms with E-state index in [1.807, 2.05) is 18.4 Å². The van der Waals surface area contributed by atoms with E-state index in [0.29, 0.717) is 28.3 Å². The van der Waals surface area contributed by atoms with Gasteiger partial charge in [0.1, 0.15) is 18.2 Å². The molecular weight excluding hydrogens is 382 g/mol. The van der Waals surface area contributed by atoms with E-state index < -0.39 is 11.6 Å². The lowest BCUT2D eigenvalue weighted by molar-refractivity contribution is 0.103. The second kappa shape index (κ2) is 8.75. The highest BCUT2D eigenvalue weighted by molar-refractivity contribution is 7.12. The van der Waals surface area contributed by atoms with E-state index in [1.54, 1.807) is 31.2 Å². The van der Waals surface area contributed by atoms with Crippen molar-refractivity contribution in [1.82, 2.24) is 0 Å². The average molecular weight is 400 g/mol. The standard InChI is InChI=1S/C21H18F2N2O2S/c1-3-27-24-12-16-17(22)10-14(11-18(16)23)15-6-4-5-7-19(15)25-21(26)20-13(2)8-9-28-20/h4-12H,3H2,1-2H3,(H,25,26). The van der Waals surface area contributed by atoms with Crippen molar-refractivity contribution in [2.45, 2.75) is 13.8 Å². The normalized spacial score (nSPS) is 11.0. The van der Waals surface area contributed by atoms with Crippen LogP contribution in [0.5, 0.6) is 0 Å². The molecule has 7 heteroatoms. The zero-order valence-corrected chi connectivity index (χ0v) is 16.1. The van der Waals surface area contributed by atoms with Gasteiger partial charge in [-0.25, -0.2) is 8.78 Å². The van der Waals surface area contributed by atoms with Crippen LogP contribution in [0.25, 0.3) is 11.1 Å². The average Bonchev–Trinajstić information content (AvgIpc) is 3.10. The summed E-state index contributed by atoms with van der Waals surface area (Å²) in [5, 5.41) is 8.18. The molecule has 144 valence electrons. The van der Waals surface area contributed by atoms with E-state index in [0.717, 1.165) is 11.8 Å². The van der Waals surface area contributed by atoms with Crippen molar-refractivity contribution in [2.24, 2.45) is 5.16 Å². The van der Waals surface area contributed by atoms with Gasteiger partial charge < -0.3 is 10.2 Å². The quantitative estimate of drug-likeness (QED) is 0.431. The highest BCUT2D eigenvalue weighted by Gasteiger charge is 2.16. The third-order valence-electron chi connectivity index (χ3n) is 4.02. The van der Waals surface area contributed by atoms with E-state index >= 15 is 0 Å². The second-order valence-corrected chi connectivity index (χ2v) is 6.85. The van der Waals surface area contributed by atoms with E-state index in [4.69, 9.17) is 4.84 Å². The molecule has 0 unspecified atom stereocenters. The van der Waals surface area contributed by atoms with Gasteiger partial charge >= 0.3 is 0 Å². The second-order valence-electron chi connectivity index (χ2n) is 5.94. The number of rotatable bonds is 6. The van der Waals surface area contributed by atoms with Crippen molar-refractivity contribution in [1.29, 1.82) is 0 Å². The first kappa shape index (κ1) is 19.7. The lowest BCUT2D eigenvalue weighted by atomic mass is 10.0. The molecule has 0 saturated heterocycles. The highest BCUT2D eigenvalue weighted by atomic mass is 32.1. The minimum atomic E-state index is -0.770. The van der Waals surface area contributed by atoms with E-state index in [1.165, 1.54) is 23.5 Å². The summed E-state index contributed by atoms with van der Waals surface area (Å²) in [6.45, 7) is 3.87. The molecule has 28 heavy (non-hydrogen) atoms. The maximum atomic E-state index is 14.4. The number of oxime groups is 1. The number of nitrogens with one attached hydrogen (secondary N) is 1. The number of halogens is 2. The maximum Gasteiger partial charge on any atom is 0.266 e. The Morgan fingerprint density at radius 2 is 1.93 bits per heavy atom. The minimum Gasteiger partial charge on any atom is -0.396 e. The fraction of sp³-hybridized carbons (Fsp3) is 0.143. The van der Waals surface area contributed by atoms with Gasteiger partial charge in [0.15, 0.2) is 0 Å². The molecule has 0 aliphatic carbocycles. The van der Waals surface area contributed by atoms with Gasteiger partial charge in [-0.3, -0.25) is 4.79 Å². The predicted octanol–water partition coefficient (Wildman–Crippen LogP) is 5.62. The maximum absolute atomic E-state index is 14.4. The minimum absolute atomic E-state index is 0.263. The lowest BCUT2D eigenvalue weighted by Gasteiger charge is -2.12. The molecule has 0 saturated carbocycles. The molecule has 0 aliphatic heterocycles. The van der Waals surface area contributed by atoms with Crippen molar-refractivity contribution < 1.29 is 18.4 Å². The molecule has 0 aliphatic rings. The first-order valence-electron chi connectivity index (χ1n) is 8.60. The smallest absolute Gasteiger partial charge is 0.266 e. The fourth-order valence-corrected chi connectivity index (χ4v) is 3.48. The third-order valence-corrected chi connectivity index (χ3v) is 5.03. The van der Waals surface area contributed by atoms with Crippen LogP contribution in [0, 0.1) is 18.6 Å². The molecule has 3 rings (SSSR count). The molecule has 0 spiro atoms. The van der Waals surface area contributed by atoms with Crippen LogP contribution in [0.15, 0.2) is 53.0 Å². The van der Waals surface area contributed by atoms with Crippen LogP contribution in [-0.4, -0.2) is 18.7 Å². The summed E-state index contributed by atoms with van der Waals surface area (Å²) >= 11 is 1.34. The monoisotopic (exact) mass is 400 g/mol. The molecule has 1 N–H and O–H groups in total. The van der Waals surface area contributed by atoms with Gasteiger partial charge in [0.05, 0.1) is 16.7 Å². The summed E-state index contributed by atoms with van der Waals surface area (Å²) < 4.78 is 28.8. The van der Waals surface area contributed by atoms with Crippen molar-refractivity contribution in [3.8, 4) is 11.1 Å². The van der Waals surface area contributed by atoms with Crippen molar-refractivity contribution in [2.75, 3.05) is 11.9 Å². The SMILES string of the molecule is CCON=Cc1c(F)cc(-c2ccccc2NC(=O)c2sccc2C)cc1F. The van der Waals surface area contributed by atoms with Crippen LogP contribution in [-0.2, 0) is 4.84 Å². The van der Waals surface area contributed by atoms with E-state index in [2.05, 4.69) is 10.5 Å². The van der Waals surface area contributed by atoms with Crippen molar-refractivity contribution in [3.63, 3.8) is 0 Å². The Kier molecular flexibility index (Phi) is 6.16. The van der Waals surface area contributed by atoms with Crippen LogP contribution in [0.1, 0.15) is 27.7 Å². The van der Waals surface area contributed by atoms with Crippen LogP contribution in [0.4, 0.5) is 14.5 Å². The van der Waals surface area contributed by atoms with E-state index in [-0.39, 0.29) is 11.5 Å². The fourth-order valence-electron chi connectivity index (χ4n) is 2.66. The van der Waals surface area contributed by atoms with Gasteiger partial charge in [0, 0.05) is 11.3 Å². The molecule has 0 atom stereocenters. The number of para-hydroxylation sites is 1. The number of benzene rings is 2. The van der Waals surface area contributed by atoms with Crippen LogP contribution in [0.3, 0.4) is 0 Å². The molecule has 1 heterocycles. The number of amides is 1. The van der Waals surface area contributed by atoms with Gasteiger partial charge in [-0.2, -0.15) is 0 Å². The van der Waals surface area contributed by atoms with Crippen LogP contribution in [0.2, 0.25) is 0 Å². The molecule has 4 nitrogen and oxygen atoms in total. The Bertz CT molecular complexity index is 1010. The number of carbonyl (C=O) groups excluding carboxylic acids is 1. The number of hydrogen-bond acceptors (Lipinski definition) is 4. The highest BCUT2D eigenvalue weighted by Crippen LogP contribution is 2.31. The van der Waals surface area contributed by atoms with Crippen molar-refractivity contribution in [3.05, 3.63) is 75.5 Å².